The van der Waals surface area contributed by atoms with Gasteiger partial charge in [0.25, 0.3) is 0 Å². The Balaban J connectivity index is 5.23. The number of esters is 4. The van der Waals surface area contributed by atoms with Crippen molar-refractivity contribution in [2.24, 2.45) is 5.92 Å². The lowest BCUT2D eigenvalue weighted by molar-refractivity contribution is -0.161. The van der Waals surface area contributed by atoms with Crippen LogP contribution in [0.25, 0.3) is 0 Å². The lowest BCUT2D eigenvalue weighted by Crippen LogP contribution is -2.30. The standard InChI is InChI=1S/C87H170O17P2/c1-6-10-13-16-19-22-25-28-30-31-32-33-34-35-36-37-43-48-53-58-63-68-73-87(92)104-83(77-98-85(90)71-66-61-56-51-46-42-39-38-40-44-49-54-59-64-69-80(5)9-4)79-102-106(95,96)100-75-81(88)74-99-105(93,94)101-78-82(76-97-84(89)70-65-60-55-50-45-27-24-21-18-15-12-8-3)103-86(91)72-67-62-57-52-47-41-29-26-23-20-17-14-11-7-2/h80-83,88H,6-79H2,1-5H3,(H,93,94)(H,95,96)/t80?,81-,82+,83+/m0/s1. The van der Waals surface area contributed by atoms with Crippen molar-refractivity contribution < 1.29 is 80.2 Å². The van der Waals surface area contributed by atoms with Gasteiger partial charge < -0.3 is 33.8 Å². The molecule has 3 unspecified atom stereocenters. The van der Waals surface area contributed by atoms with E-state index in [1.807, 2.05) is 0 Å². The maximum atomic E-state index is 13.2. The molecule has 0 aliphatic heterocycles. The summed E-state index contributed by atoms with van der Waals surface area (Å²) in [5, 5.41) is 10.7. The Bertz CT molecular complexity index is 2020. The number of rotatable bonds is 87. The molecule has 6 atom stereocenters. The zero-order valence-corrected chi connectivity index (χ0v) is 71.4. The van der Waals surface area contributed by atoms with Crippen LogP contribution in [0.15, 0.2) is 0 Å². The first-order valence-electron chi connectivity index (χ1n) is 45.2. The minimum absolute atomic E-state index is 0.109. The Kier molecular flexibility index (Phi) is 78.2. The zero-order chi connectivity index (χ0) is 77.6. The molecule has 0 bridgehead atoms. The van der Waals surface area contributed by atoms with Crippen LogP contribution in [0.5, 0.6) is 0 Å². The molecular weight excluding hydrogens is 1380 g/mol. The molecule has 0 aliphatic rings. The van der Waals surface area contributed by atoms with Crippen LogP contribution < -0.4 is 0 Å². The first-order chi connectivity index (χ1) is 51.6. The van der Waals surface area contributed by atoms with Crippen LogP contribution in [0, 0.1) is 5.92 Å². The number of phosphoric acid groups is 2. The smallest absolute Gasteiger partial charge is 0.462 e. The van der Waals surface area contributed by atoms with Crippen LogP contribution in [0.3, 0.4) is 0 Å². The predicted octanol–water partition coefficient (Wildman–Crippen LogP) is 26.8. The van der Waals surface area contributed by atoms with E-state index in [0.29, 0.717) is 25.7 Å². The summed E-state index contributed by atoms with van der Waals surface area (Å²) in [6.07, 6.45) is 73.5. The first kappa shape index (κ1) is 104. The number of aliphatic hydroxyl groups excluding tert-OH is 1. The van der Waals surface area contributed by atoms with E-state index in [0.717, 1.165) is 95.8 Å². The van der Waals surface area contributed by atoms with E-state index in [9.17, 15) is 43.2 Å². The highest BCUT2D eigenvalue weighted by atomic mass is 31.2. The number of carbonyl (C=O) groups excluding carboxylic acids is 4. The fourth-order valence-electron chi connectivity index (χ4n) is 13.6. The topological polar surface area (TPSA) is 237 Å². The van der Waals surface area contributed by atoms with Crippen molar-refractivity contribution in [2.45, 2.75) is 490 Å². The molecule has 0 saturated carbocycles. The summed E-state index contributed by atoms with van der Waals surface area (Å²) in [5.74, 6) is -1.25. The fourth-order valence-corrected chi connectivity index (χ4v) is 15.2. The van der Waals surface area contributed by atoms with Crippen molar-refractivity contribution in [2.75, 3.05) is 39.6 Å². The van der Waals surface area contributed by atoms with Gasteiger partial charge in [0.15, 0.2) is 12.2 Å². The highest BCUT2D eigenvalue weighted by Gasteiger charge is 2.30. The molecule has 0 amide bonds. The van der Waals surface area contributed by atoms with Gasteiger partial charge in [-0.05, 0) is 31.6 Å². The maximum absolute atomic E-state index is 13.2. The van der Waals surface area contributed by atoms with E-state index in [4.69, 9.17) is 37.0 Å². The summed E-state index contributed by atoms with van der Waals surface area (Å²) in [7, 11) is -9.93. The third-order valence-electron chi connectivity index (χ3n) is 20.9. The summed E-state index contributed by atoms with van der Waals surface area (Å²) >= 11 is 0. The Morgan fingerprint density at radius 2 is 0.453 bits per heavy atom. The van der Waals surface area contributed by atoms with Gasteiger partial charge in [0.2, 0.25) is 0 Å². The van der Waals surface area contributed by atoms with Gasteiger partial charge in [0.05, 0.1) is 26.4 Å². The van der Waals surface area contributed by atoms with E-state index in [1.54, 1.807) is 0 Å². The summed E-state index contributed by atoms with van der Waals surface area (Å²) in [5.41, 5.74) is 0. The van der Waals surface area contributed by atoms with Gasteiger partial charge in [-0.3, -0.25) is 37.3 Å². The van der Waals surface area contributed by atoms with Crippen molar-refractivity contribution in [3.8, 4) is 0 Å². The quantitative estimate of drug-likeness (QED) is 0.0222. The van der Waals surface area contributed by atoms with Crippen LogP contribution >= 0.6 is 15.6 Å². The van der Waals surface area contributed by atoms with Crippen molar-refractivity contribution in [3.63, 3.8) is 0 Å². The van der Waals surface area contributed by atoms with Gasteiger partial charge >= 0.3 is 39.5 Å². The van der Waals surface area contributed by atoms with Crippen molar-refractivity contribution >= 4 is 39.5 Å². The van der Waals surface area contributed by atoms with E-state index in [1.165, 1.54) is 295 Å². The molecule has 0 aromatic rings. The Morgan fingerprint density at radius 1 is 0.264 bits per heavy atom. The first-order valence-corrected chi connectivity index (χ1v) is 48.2. The average molecular weight is 1550 g/mol. The fraction of sp³-hybridized carbons (Fsp3) is 0.954. The molecule has 17 nitrogen and oxygen atoms in total. The molecular formula is C87H170O17P2. The van der Waals surface area contributed by atoms with Gasteiger partial charge in [-0.2, -0.15) is 0 Å². The lowest BCUT2D eigenvalue weighted by atomic mass is 9.99. The highest BCUT2D eigenvalue weighted by molar-refractivity contribution is 7.47. The molecule has 0 aromatic heterocycles. The van der Waals surface area contributed by atoms with E-state index in [-0.39, 0.29) is 25.7 Å². The number of carbonyl (C=O) groups is 4. The lowest BCUT2D eigenvalue weighted by Gasteiger charge is -2.21. The van der Waals surface area contributed by atoms with E-state index in [2.05, 4.69) is 34.6 Å². The number of unbranched alkanes of at least 4 members (excludes halogenated alkanes) is 58. The van der Waals surface area contributed by atoms with Crippen LogP contribution in [0.2, 0.25) is 0 Å². The van der Waals surface area contributed by atoms with Crippen LogP contribution in [0.1, 0.15) is 471 Å². The van der Waals surface area contributed by atoms with Crippen molar-refractivity contribution in [1.29, 1.82) is 0 Å². The second kappa shape index (κ2) is 79.7. The number of aliphatic hydroxyl groups is 1. The van der Waals surface area contributed by atoms with Gasteiger partial charge in [0.1, 0.15) is 19.3 Å². The number of phosphoric ester groups is 2. The van der Waals surface area contributed by atoms with E-state index < -0.39 is 97.5 Å². The van der Waals surface area contributed by atoms with Gasteiger partial charge in [-0.15, -0.1) is 0 Å². The minimum Gasteiger partial charge on any atom is -0.462 e. The number of hydrogen-bond donors (Lipinski definition) is 3. The third kappa shape index (κ3) is 78.7. The molecule has 630 valence electrons. The molecule has 0 radical (unpaired) electrons. The number of ether oxygens (including phenoxy) is 4. The summed E-state index contributed by atoms with van der Waals surface area (Å²) in [6.45, 7) is 7.43. The molecule has 3 N–H and O–H groups in total. The van der Waals surface area contributed by atoms with E-state index >= 15 is 0 Å². The molecule has 0 rings (SSSR count). The molecule has 0 aliphatic carbocycles. The third-order valence-corrected chi connectivity index (χ3v) is 22.8. The number of hydrogen-bond acceptors (Lipinski definition) is 15. The normalized spacial score (nSPS) is 14.0. The van der Waals surface area contributed by atoms with Gasteiger partial charge in [-0.1, -0.05) is 420 Å². The average Bonchev–Trinajstić information content (AvgIpc) is 0.900. The molecule has 0 saturated heterocycles. The summed E-state index contributed by atoms with van der Waals surface area (Å²) in [6, 6.07) is 0. The van der Waals surface area contributed by atoms with Crippen LogP contribution in [-0.2, 0) is 65.4 Å². The Morgan fingerprint density at radius 3 is 0.670 bits per heavy atom. The minimum atomic E-state index is -4.97. The molecule has 0 heterocycles. The molecule has 106 heavy (non-hydrogen) atoms. The van der Waals surface area contributed by atoms with Crippen LogP contribution in [-0.4, -0.2) is 96.7 Å². The van der Waals surface area contributed by atoms with Gasteiger partial charge in [0, 0.05) is 25.7 Å². The van der Waals surface area contributed by atoms with Crippen molar-refractivity contribution in [1.82, 2.24) is 0 Å². The SMILES string of the molecule is CCCCCCCCCCCCCCCCCCCCCCCCC(=O)O[C@H](COC(=O)CCCCCCCCCCCCCCCCC(C)CC)COP(=O)(O)OC[C@@H](O)COP(=O)(O)OC[C@@H](COC(=O)CCCCCCCCCCCCCC)OC(=O)CCCCCCCCCCCCCCCC. The Labute approximate surface area is 651 Å². The maximum Gasteiger partial charge on any atom is 0.472 e. The van der Waals surface area contributed by atoms with Crippen LogP contribution in [0.4, 0.5) is 0 Å². The predicted molar refractivity (Wildman–Crippen MR) is 437 cm³/mol. The van der Waals surface area contributed by atoms with Gasteiger partial charge in [-0.25, -0.2) is 9.13 Å². The summed E-state index contributed by atoms with van der Waals surface area (Å²) in [4.78, 5) is 73.3. The monoisotopic (exact) mass is 1550 g/mol. The summed E-state index contributed by atoms with van der Waals surface area (Å²) < 4.78 is 68.9. The second-order valence-electron chi connectivity index (χ2n) is 31.5. The molecule has 19 heteroatoms. The molecule has 0 spiro atoms. The Hall–Kier alpha value is -1.94. The highest BCUT2D eigenvalue weighted by Crippen LogP contribution is 2.45. The largest absolute Gasteiger partial charge is 0.472 e. The molecule has 0 aromatic carbocycles. The second-order valence-corrected chi connectivity index (χ2v) is 34.4. The zero-order valence-electron chi connectivity index (χ0n) is 69.6. The molecule has 0 fully saturated rings. The van der Waals surface area contributed by atoms with Crippen molar-refractivity contribution in [3.05, 3.63) is 0 Å².